The Balaban J connectivity index is 0.000000350. The molecule has 0 aliphatic rings. The molecule has 0 amide bonds. The average molecular weight is 602 g/mol. The third kappa shape index (κ3) is 11.4. The fraction of sp³-hybridized carbons (Fsp3) is 0.462. The first-order valence-corrected chi connectivity index (χ1v) is 13.2. The topological polar surface area (TPSA) is 82.1 Å². The molecule has 2 aromatic rings. The predicted octanol–water partition coefficient (Wildman–Crippen LogP) is 7.91. The lowest BCUT2D eigenvalue weighted by Gasteiger charge is -2.09. The Bertz CT molecular complexity index is 901. The number of unbranched alkanes of at least 4 members (excludes halogenated alkanes) is 3. The number of esters is 1. The fourth-order valence-electron chi connectivity index (χ4n) is 2.53. The van der Waals surface area contributed by atoms with E-state index >= 15 is 0 Å². The van der Waals surface area contributed by atoms with Crippen LogP contribution < -0.4 is 9.47 Å². The van der Waals surface area contributed by atoms with Crippen LogP contribution in [-0.4, -0.2) is 36.9 Å². The number of carboxylic acids is 1. The van der Waals surface area contributed by atoms with Crippen LogP contribution in [0, 0.1) is 0 Å². The molecule has 0 bridgehead atoms. The van der Waals surface area contributed by atoms with E-state index in [4.69, 9.17) is 19.3 Å². The highest BCUT2D eigenvalue weighted by atomic mass is 79.9. The van der Waals surface area contributed by atoms with Crippen LogP contribution in [0.25, 0.3) is 0 Å². The van der Waals surface area contributed by atoms with E-state index in [9.17, 15) is 9.59 Å². The third-order valence-corrected chi connectivity index (χ3v) is 5.90. The summed E-state index contributed by atoms with van der Waals surface area (Å²) in [7, 11) is 0. The van der Waals surface area contributed by atoms with Crippen LogP contribution in [0.2, 0.25) is 0 Å². The lowest BCUT2D eigenvalue weighted by atomic mass is 10.2. The Morgan fingerprint density at radius 2 is 1.18 bits per heavy atom. The van der Waals surface area contributed by atoms with E-state index in [1.165, 1.54) is 6.07 Å². The first-order valence-electron chi connectivity index (χ1n) is 11.6. The summed E-state index contributed by atoms with van der Waals surface area (Å²) >= 11 is 6.73. The van der Waals surface area contributed by atoms with Gasteiger partial charge in [-0.15, -0.1) is 0 Å². The molecule has 188 valence electrons. The summed E-state index contributed by atoms with van der Waals surface area (Å²) in [6, 6.07) is 10.0. The number of carboxylic acid groups (broad SMARTS) is 1. The molecule has 0 aliphatic heterocycles. The number of hydrogen-bond donors (Lipinski definition) is 1. The zero-order valence-corrected chi connectivity index (χ0v) is 23.2. The molecule has 2 aromatic carbocycles. The third-order valence-electron chi connectivity index (χ3n) is 4.59. The van der Waals surface area contributed by atoms with Crippen LogP contribution in [0.4, 0.5) is 0 Å². The molecule has 0 fully saturated rings. The summed E-state index contributed by atoms with van der Waals surface area (Å²) in [4.78, 5) is 22.5. The van der Waals surface area contributed by atoms with Gasteiger partial charge in [0.05, 0.1) is 39.9 Å². The van der Waals surface area contributed by atoms with Crippen LogP contribution in [-0.2, 0) is 4.74 Å². The van der Waals surface area contributed by atoms with Crippen LogP contribution >= 0.6 is 31.9 Å². The molecule has 0 aliphatic carbocycles. The normalized spacial score (nSPS) is 10.1. The van der Waals surface area contributed by atoms with E-state index in [1.54, 1.807) is 24.3 Å². The number of halogens is 2. The molecule has 2 rings (SSSR count). The van der Waals surface area contributed by atoms with E-state index in [0.717, 1.165) is 47.5 Å². The quantitative estimate of drug-likeness (QED) is 0.185. The van der Waals surface area contributed by atoms with Gasteiger partial charge in [-0.05, 0) is 87.5 Å². The van der Waals surface area contributed by atoms with Crippen LogP contribution in [0.5, 0.6) is 11.5 Å². The van der Waals surface area contributed by atoms with Gasteiger partial charge in [0, 0.05) is 0 Å². The van der Waals surface area contributed by atoms with Gasteiger partial charge in [-0.1, -0.05) is 40.0 Å². The zero-order valence-electron chi connectivity index (χ0n) is 20.1. The molecule has 8 heteroatoms. The van der Waals surface area contributed by atoms with Crippen molar-refractivity contribution in [2.24, 2.45) is 0 Å². The SMILES string of the molecule is CCCCOC(=O)c1ccc(Br)c(OCCCC)c1.CCCCOc1cc(C(=O)O)ccc1Br. The molecular weight excluding hydrogens is 568 g/mol. The van der Waals surface area contributed by atoms with Gasteiger partial charge < -0.3 is 19.3 Å². The molecule has 6 nitrogen and oxygen atoms in total. The van der Waals surface area contributed by atoms with Gasteiger partial charge in [0.1, 0.15) is 11.5 Å². The second-order valence-corrected chi connectivity index (χ2v) is 9.20. The number of hydrogen-bond acceptors (Lipinski definition) is 5. The van der Waals surface area contributed by atoms with Gasteiger partial charge in [-0.3, -0.25) is 0 Å². The van der Waals surface area contributed by atoms with Crippen molar-refractivity contribution in [3.63, 3.8) is 0 Å². The highest BCUT2D eigenvalue weighted by molar-refractivity contribution is 9.10. The molecule has 0 saturated carbocycles. The maximum atomic E-state index is 11.8. The number of carbonyl (C=O) groups is 2. The Morgan fingerprint density at radius 1 is 0.735 bits per heavy atom. The lowest BCUT2D eigenvalue weighted by Crippen LogP contribution is -2.07. The molecule has 0 unspecified atom stereocenters. The molecule has 0 aromatic heterocycles. The Hall–Kier alpha value is -2.06. The Morgan fingerprint density at radius 3 is 1.65 bits per heavy atom. The minimum absolute atomic E-state index is 0.240. The molecule has 1 N–H and O–H groups in total. The summed E-state index contributed by atoms with van der Waals surface area (Å²) in [5, 5.41) is 8.80. The second kappa shape index (κ2) is 17.4. The predicted molar refractivity (Wildman–Crippen MR) is 141 cm³/mol. The van der Waals surface area contributed by atoms with Crippen molar-refractivity contribution in [1.82, 2.24) is 0 Å². The van der Waals surface area contributed by atoms with Gasteiger partial charge in [0.15, 0.2) is 0 Å². The van der Waals surface area contributed by atoms with E-state index in [1.807, 2.05) is 6.07 Å². The van der Waals surface area contributed by atoms with E-state index in [-0.39, 0.29) is 11.5 Å². The van der Waals surface area contributed by atoms with Crippen LogP contribution in [0.15, 0.2) is 45.3 Å². The Labute approximate surface area is 219 Å². The lowest BCUT2D eigenvalue weighted by molar-refractivity contribution is 0.0498. The number of rotatable bonds is 13. The largest absolute Gasteiger partial charge is 0.492 e. The van der Waals surface area contributed by atoms with Gasteiger partial charge >= 0.3 is 11.9 Å². The minimum Gasteiger partial charge on any atom is -0.492 e. The van der Waals surface area contributed by atoms with Crippen molar-refractivity contribution in [2.75, 3.05) is 19.8 Å². The number of aromatic carboxylic acids is 1. The summed E-state index contributed by atoms with van der Waals surface area (Å²) in [6.07, 6.45) is 6.00. The fourth-order valence-corrected chi connectivity index (χ4v) is 3.26. The summed E-state index contributed by atoms with van der Waals surface area (Å²) in [5.41, 5.74) is 0.774. The van der Waals surface area contributed by atoms with Crippen LogP contribution in [0.3, 0.4) is 0 Å². The van der Waals surface area contributed by atoms with Gasteiger partial charge in [0.25, 0.3) is 0 Å². The van der Waals surface area contributed by atoms with Crippen molar-refractivity contribution in [1.29, 1.82) is 0 Å². The maximum absolute atomic E-state index is 11.8. The highest BCUT2D eigenvalue weighted by Crippen LogP contribution is 2.27. The number of benzene rings is 2. The first kappa shape index (κ1) is 30.0. The Kier molecular flexibility index (Phi) is 15.3. The van der Waals surface area contributed by atoms with Crippen LogP contribution in [0.1, 0.15) is 80.0 Å². The maximum Gasteiger partial charge on any atom is 0.338 e. The standard InChI is InChI=1S/C15H21BrO3.C11H13BrO3/c1-3-5-9-18-14-11-12(7-8-13(14)16)15(17)19-10-6-4-2;1-2-3-6-15-10-7-8(11(13)14)4-5-9(10)12/h7-8,11H,3-6,9-10H2,1-2H3;4-5,7H,2-3,6H2,1H3,(H,13,14). The monoisotopic (exact) mass is 600 g/mol. The molecule has 0 spiro atoms. The molecule has 0 atom stereocenters. The van der Waals surface area contributed by atoms with E-state index < -0.39 is 5.97 Å². The summed E-state index contributed by atoms with van der Waals surface area (Å²) in [6.45, 7) is 7.98. The van der Waals surface area contributed by atoms with Crippen molar-refractivity contribution in [3.05, 3.63) is 56.5 Å². The minimum atomic E-state index is -0.942. The van der Waals surface area contributed by atoms with Crippen molar-refractivity contribution in [3.8, 4) is 11.5 Å². The summed E-state index contributed by atoms with van der Waals surface area (Å²) in [5.74, 6) is 0.0471. The molecule has 0 radical (unpaired) electrons. The van der Waals surface area contributed by atoms with E-state index in [0.29, 0.717) is 36.9 Å². The highest BCUT2D eigenvalue weighted by Gasteiger charge is 2.11. The first-order chi connectivity index (χ1) is 16.3. The zero-order chi connectivity index (χ0) is 25.3. The van der Waals surface area contributed by atoms with Crippen molar-refractivity contribution < 1.29 is 28.9 Å². The molecule has 0 saturated heterocycles. The van der Waals surface area contributed by atoms with E-state index in [2.05, 4.69) is 52.6 Å². The van der Waals surface area contributed by atoms with Crippen molar-refractivity contribution in [2.45, 2.75) is 59.3 Å². The molecule has 34 heavy (non-hydrogen) atoms. The summed E-state index contributed by atoms with van der Waals surface area (Å²) < 4.78 is 17.9. The second-order valence-electron chi connectivity index (χ2n) is 7.49. The molecule has 0 heterocycles. The smallest absolute Gasteiger partial charge is 0.338 e. The van der Waals surface area contributed by atoms with Gasteiger partial charge in [0.2, 0.25) is 0 Å². The van der Waals surface area contributed by atoms with Gasteiger partial charge in [-0.25, -0.2) is 9.59 Å². The van der Waals surface area contributed by atoms with Crippen molar-refractivity contribution >= 4 is 43.8 Å². The number of ether oxygens (including phenoxy) is 3. The number of carbonyl (C=O) groups excluding carboxylic acids is 1. The average Bonchev–Trinajstić information content (AvgIpc) is 2.82. The molecular formula is C26H34Br2O6. The van der Waals surface area contributed by atoms with Gasteiger partial charge in [-0.2, -0.15) is 0 Å².